The first-order valence-corrected chi connectivity index (χ1v) is 12.8. The van der Waals surface area contributed by atoms with Crippen LogP contribution in [-0.4, -0.2) is 39.4 Å². The fourth-order valence-electron chi connectivity index (χ4n) is 4.45. The van der Waals surface area contributed by atoms with Crippen molar-refractivity contribution in [3.05, 3.63) is 63.9 Å². The van der Waals surface area contributed by atoms with Gasteiger partial charge in [0.25, 0.3) is 5.91 Å². The third kappa shape index (κ3) is 4.89. The number of benzene rings is 1. The molecule has 3 heterocycles. The lowest BCUT2D eigenvalue weighted by atomic mass is 9.85. The second kappa shape index (κ2) is 9.90. The molecule has 0 bridgehead atoms. The van der Waals surface area contributed by atoms with Gasteiger partial charge in [0.2, 0.25) is 0 Å². The Bertz CT molecular complexity index is 1150. The summed E-state index contributed by atoms with van der Waals surface area (Å²) in [5, 5.41) is 23.3. The summed E-state index contributed by atoms with van der Waals surface area (Å²) in [7, 11) is 0. The largest absolute Gasteiger partial charge is 0.388 e. The average molecular weight is 479 g/mol. The summed E-state index contributed by atoms with van der Waals surface area (Å²) in [6, 6.07) is 9.08. The van der Waals surface area contributed by atoms with Crippen LogP contribution in [0, 0.1) is 12.8 Å². The molecule has 1 unspecified atom stereocenters. The SMILES string of the molecule is Cc1ccc([C@@H](C)NC(=O)c2cc(-c3ncc(C4CCC4)s3)cc(C(O)[C@@H]3CCOC3)c2)nn1. The summed E-state index contributed by atoms with van der Waals surface area (Å²) in [4.78, 5) is 19.2. The molecule has 0 spiro atoms. The number of thiazole rings is 1. The standard InChI is InChI=1S/C26H30N4O3S/c1-15-6-7-22(30-29-15)16(2)28-25(32)20-10-19(24(31)18-8-9-33-14-18)11-21(12-20)26-27-13-23(34-26)17-4-3-5-17/h6-7,10-13,16-18,24,31H,3-5,8-9,14H2,1-2H3,(H,28,32)/t16-,18-,24?/m1/s1. The minimum absolute atomic E-state index is 0.0229. The van der Waals surface area contributed by atoms with E-state index in [1.807, 2.05) is 44.3 Å². The Morgan fingerprint density at radius 3 is 2.74 bits per heavy atom. The molecule has 2 N–H and O–H groups in total. The quantitative estimate of drug-likeness (QED) is 0.509. The van der Waals surface area contributed by atoms with E-state index in [1.54, 1.807) is 17.4 Å². The molecule has 8 heteroatoms. The number of carbonyl (C=O) groups is 1. The molecule has 5 rings (SSSR count). The highest BCUT2D eigenvalue weighted by Crippen LogP contribution is 2.41. The highest BCUT2D eigenvalue weighted by molar-refractivity contribution is 7.15. The van der Waals surface area contributed by atoms with Crippen LogP contribution in [0.25, 0.3) is 10.6 Å². The maximum absolute atomic E-state index is 13.3. The third-order valence-electron chi connectivity index (χ3n) is 6.86. The first kappa shape index (κ1) is 23.1. The lowest BCUT2D eigenvalue weighted by molar-refractivity contribution is 0.0910. The summed E-state index contributed by atoms with van der Waals surface area (Å²) in [5.74, 6) is 0.410. The lowest BCUT2D eigenvalue weighted by Crippen LogP contribution is -2.27. The Kier molecular flexibility index (Phi) is 6.72. The van der Waals surface area contributed by atoms with Gasteiger partial charge in [0.05, 0.1) is 30.1 Å². The van der Waals surface area contributed by atoms with E-state index < -0.39 is 6.10 Å². The molecular formula is C26H30N4O3S. The van der Waals surface area contributed by atoms with Gasteiger partial charge in [0.15, 0.2) is 0 Å². The second-order valence-electron chi connectivity index (χ2n) is 9.40. The van der Waals surface area contributed by atoms with Crippen molar-refractivity contribution in [1.29, 1.82) is 0 Å². The van der Waals surface area contributed by atoms with E-state index in [-0.39, 0.29) is 17.9 Å². The molecule has 1 saturated heterocycles. The Morgan fingerprint density at radius 1 is 1.21 bits per heavy atom. The van der Waals surface area contributed by atoms with Crippen molar-refractivity contribution in [3.63, 3.8) is 0 Å². The molecule has 0 radical (unpaired) electrons. The fraction of sp³-hybridized carbons (Fsp3) is 0.462. The van der Waals surface area contributed by atoms with Gasteiger partial charge in [0.1, 0.15) is 5.01 Å². The van der Waals surface area contributed by atoms with Crippen molar-refractivity contribution < 1.29 is 14.6 Å². The van der Waals surface area contributed by atoms with Gasteiger partial charge in [-0.1, -0.05) is 6.42 Å². The molecule has 3 atom stereocenters. The Balaban J connectivity index is 1.44. The zero-order valence-electron chi connectivity index (χ0n) is 19.5. The van der Waals surface area contributed by atoms with Crippen molar-refractivity contribution >= 4 is 17.2 Å². The number of carbonyl (C=O) groups excluding carboxylic acids is 1. The number of aromatic nitrogens is 3. The fourth-order valence-corrected chi connectivity index (χ4v) is 5.52. The number of ether oxygens (including phenoxy) is 1. The maximum atomic E-state index is 13.3. The summed E-state index contributed by atoms with van der Waals surface area (Å²) >= 11 is 1.69. The smallest absolute Gasteiger partial charge is 0.251 e. The molecule has 2 aromatic heterocycles. The summed E-state index contributed by atoms with van der Waals surface area (Å²) < 4.78 is 5.49. The molecular weight excluding hydrogens is 448 g/mol. The van der Waals surface area contributed by atoms with Gasteiger partial charge in [-0.15, -0.1) is 11.3 Å². The van der Waals surface area contributed by atoms with Crippen LogP contribution >= 0.6 is 11.3 Å². The van der Waals surface area contributed by atoms with Gasteiger partial charge in [-0.25, -0.2) is 4.98 Å². The Labute approximate surface area is 203 Å². The average Bonchev–Trinajstić information content (AvgIpc) is 3.50. The van der Waals surface area contributed by atoms with Crippen LogP contribution in [0.1, 0.15) is 82.9 Å². The Hall–Kier alpha value is -2.68. The van der Waals surface area contributed by atoms with Crippen LogP contribution in [0.5, 0.6) is 0 Å². The molecule has 3 aromatic rings. The highest BCUT2D eigenvalue weighted by Gasteiger charge is 2.27. The third-order valence-corrected chi connectivity index (χ3v) is 8.07. The van der Waals surface area contributed by atoms with Crippen LogP contribution in [0.3, 0.4) is 0 Å². The molecule has 1 aliphatic carbocycles. The molecule has 1 aromatic carbocycles. The molecule has 1 saturated carbocycles. The van der Waals surface area contributed by atoms with Gasteiger partial charge in [0, 0.05) is 34.7 Å². The van der Waals surface area contributed by atoms with E-state index >= 15 is 0 Å². The number of aliphatic hydroxyl groups excluding tert-OH is 1. The number of hydrogen-bond acceptors (Lipinski definition) is 7. The first-order valence-electron chi connectivity index (χ1n) is 12.0. The molecule has 2 fully saturated rings. The van der Waals surface area contributed by atoms with Gasteiger partial charge in [-0.2, -0.15) is 10.2 Å². The summed E-state index contributed by atoms with van der Waals surface area (Å²) in [5.41, 5.74) is 3.61. The van der Waals surface area contributed by atoms with Crippen LogP contribution < -0.4 is 5.32 Å². The molecule has 178 valence electrons. The summed E-state index contributed by atoms with van der Waals surface area (Å²) in [6.45, 7) is 4.95. The van der Waals surface area contributed by atoms with E-state index in [4.69, 9.17) is 4.74 Å². The number of rotatable bonds is 7. The van der Waals surface area contributed by atoms with E-state index in [1.165, 1.54) is 24.1 Å². The van der Waals surface area contributed by atoms with Crippen molar-refractivity contribution in [2.45, 2.75) is 57.6 Å². The first-order chi connectivity index (χ1) is 16.5. The number of aryl methyl sites for hydroxylation is 1. The number of nitrogens with one attached hydrogen (secondary N) is 1. The van der Waals surface area contributed by atoms with Crippen molar-refractivity contribution in [1.82, 2.24) is 20.5 Å². The maximum Gasteiger partial charge on any atom is 0.251 e. The van der Waals surface area contributed by atoms with Crippen molar-refractivity contribution in [3.8, 4) is 10.6 Å². The number of amides is 1. The van der Waals surface area contributed by atoms with E-state index in [0.717, 1.165) is 28.2 Å². The minimum Gasteiger partial charge on any atom is -0.388 e. The second-order valence-corrected chi connectivity index (χ2v) is 10.5. The highest BCUT2D eigenvalue weighted by atomic mass is 32.1. The summed E-state index contributed by atoms with van der Waals surface area (Å²) in [6.07, 6.45) is 5.79. The van der Waals surface area contributed by atoms with Crippen LogP contribution in [0.15, 0.2) is 36.5 Å². The van der Waals surface area contributed by atoms with Crippen LogP contribution in [0.2, 0.25) is 0 Å². The number of nitrogens with zero attached hydrogens (tertiary/aromatic N) is 3. The predicted molar refractivity (Wildman–Crippen MR) is 131 cm³/mol. The Morgan fingerprint density at radius 2 is 2.06 bits per heavy atom. The number of aliphatic hydroxyl groups is 1. The zero-order valence-corrected chi connectivity index (χ0v) is 20.3. The van der Waals surface area contributed by atoms with Gasteiger partial charge in [-0.05, 0) is 74.9 Å². The van der Waals surface area contributed by atoms with Gasteiger partial charge < -0.3 is 15.2 Å². The zero-order chi connectivity index (χ0) is 23.7. The number of hydrogen-bond donors (Lipinski definition) is 2. The molecule has 1 aliphatic heterocycles. The van der Waals surface area contributed by atoms with Crippen molar-refractivity contribution in [2.75, 3.05) is 13.2 Å². The monoisotopic (exact) mass is 478 g/mol. The van der Waals surface area contributed by atoms with E-state index in [0.29, 0.717) is 30.4 Å². The van der Waals surface area contributed by atoms with Gasteiger partial charge in [-0.3, -0.25) is 4.79 Å². The minimum atomic E-state index is -0.694. The van der Waals surface area contributed by atoms with Crippen LogP contribution in [0.4, 0.5) is 0 Å². The molecule has 2 aliphatic rings. The normalized spacial score (nSPS) is 20.0. The van der Waals surface area contributed by atoms with Crippen molar-refractivity contribution in [2.24, 2.45) is 5.92 Å². The molecule has 34 heavy (non-hydrogen) atoms. The molecule has 7 nitrogen and oxygen atoms in total. The topological polar surface area (TPSA) is 97.2 Å². The van der Waals surface area contributed by atoms with Gasteiger partial charge >= 0.3 is 0 Å². The predicted octanol–water partition coefficient (Wildman–Crippen LogP) is 4.74. The van der Waals surface area contributed by atoms with E-state index in [2.05, 4.69) is 20.5 Å². The molecule has 1 amide bonds. The van der Waals surface area contributed by atoms with Crippen LogP contribution in [-0.2, 0) is 4.74 Å². The lowest BCUT2D eigenvalue weighted by Gasteiger charge is -2.23. The van der Waals surface area contributed by atoms with E-state index in [9.17, 15) is 9.90 Å².